The molecule has 0 aliphatic heterocycles. The molecule has 1 aromatic heterocycles. The fourth-order valence-corrected chi connectivity index (χ4v) is 2.53. The van der Waals surface area contributed by atoms with Gasteiger partial charge < -0.3 is 10.6 Å². The zero-order valence-electron chi connectivity index (χ0n) is 13.2. The maximum atomic E-state index is 12.0. The molecule has 0 spiro atoms. The van der Waals surface area contributed by atoms with E-state index in [-0.39, 0.29) is 17.9 Å². The number of aromatic amines is 1. The number of halogens is 1. The first kappa shape index (κ1) is 17.0. The van der Waals surface area contributed by atoms with E-state index in [0.717, 1.165) is 11.4 Å². The van der Waals surface area contributed by atoms with Crippen LogP contribution in [0.25, 0.3) is 0 Å². The van der Waals surface area contributed by atoms with Crippen molar-refractivity contribution in [1.29, 1.82) is 0 Å². The summed E-state index contributed by atoms with van der Waals surface area (Å²) < 4.78 is 0. The molecule has 0 saturated heterocycles. The normalized spacial score (nSPS) is 11.8. The highest BCUT2D eigenvalue weighted by molar-refractivity contribution is 6.34. The predicted molar refractivity (Wildman–Crippen MR) is 90.1 cm³/mol. The van der Waals surface area contributed by atoms with Gasteiger partial charge in [-0.3, -0.25) is 9.89 Å². The zero-order valence-corrected chi connectivity index (χ0v) is 14.0. The van der Waals surface area contributed by atoms with Crippen molar-refractivity contribution in [2.24, 2.45) is 0 Å². The van der Waals surface area contributed by atoms with E-state index in [1.165, 1.54) is 6.92 Å². The number of hydrogen-bond donors (Lipinski definition) is 3. The number of urea groups is 1. The van der Waals surface area contributed by atoms with E-state index in [4.69, 9.17) is 11.6 Å². The van der Waals surface area contributed by atoms with Gasteiger partial charge in [-0.2, -0.15) is 5.10 Å². The number of nitrogens with zero attached hydrogens (tertiary/aromatic N) is 1. The van der Waals surface area contributed by atoms with Crippen LogP contribution in [0.3, 0.4) is 0 Å². The number of nitrogens with one attached hydrogen (secondary N) is 3. The van der Waals surface area contributed by atoms with Crippen molar-refractivity contribution in [2.45, 2.75) is 33.2 Å². The Morgan fingerprint density at radius 1 is 1.35 bits per heavy atom. The zero-order chi connectivity index (χ0) is 17.0. The lowest BCUT2D eigenvalue weighted by Gasteiger charge is -2.14. The number of aromatic nitrogens is 2. The highest BCUT2D eigenvalue weighted by Gasteiger charge is 2.11. The van der Waals surface area contributed by atoms with Gasteiger partial charge in [-0.05, 0) is 45.0 Å². The minimum Gasteiger partial charge on any atom is -0.335 e. The van der Waals surface area contributed by atoms with E-state index in [1.54, 1.807) is 18.2 Å². The average molecular weight is 335 g/mol. The molecule has 2 amide bonds. The molecule has 7 heteroatoms. The molecule has 1 aromatic carbocycles. The quantitative estimate of drug-likeness (QED) is 0.733. The molecule has 0 bridgehead atoms. The number of hydrogen-bond acceptors (Lipinski definition) is 3. The SMILES string of the molecule is CC(=O)c1ccc(NC(=O)N[C@H](C)Cc2cc(C)[nH]n2)cc1Cl. The molecule has 0 aliphatic rings. The first-order chi connectivity index (χ1) is 10.8. The van der Waals surface area contributed by atoms with Crippen molar-refractivity contribution in [2.75, 3.05) is 5.32 Å². The van der Waals surface area contributed by atoms with Gasteiger partial charge in [0.2, 0.25) is 0 Å². The summed E-state index contributed by atoms with van der Waals surface area (Å²) >= 11 is 6.02. The van der Waals surface area contributed by atoms with E-state index in [2.05, 4.69) is 20.8 Å². The second kappa shape index (κ2) is 7.28. The number of carbonyl (C=O) groups excluding carboxylic acids is 2. The molecule has 1 atom stereocenters. The van der Waals surface area contributed by atoms with Crippen molar-refractivity contribution in [3.05, 3.63) is 46.2 Å². The molecule has 0 unspecified atom stereocenters. The van der Waals surface area contributed by atoms with Crippen molar-refractivity contribution < 1.29 is 9.59 Å². The Morgan fingerprint density at radius 2 is 2.09 bits per heavy atom. The Labute approximate surface area is 139 Å². The number of ketones is 1. The van der Waals surface area contributed by atoms with Gasteiger partial charge in [0.15, 0.2) is 5.78 Å². The molecule has 3 N–H and O–H groups in total. The monoisotopic (exact) mass is 334 g/mol. The van der Waals surface area contributed by atoms with Crippen LogP contribution in [0.15, 0.2) is 24.3 Å². The van der Waals surface area contributed by atoms with Gasteiger partial charge in [-0.25, -0.2) is 4.79 Å². The summed E-state index contributed by atoms with van der Waals surface area (Å²) in [6.07, 6.45) is 0.627. The van der Waals surface area contributed by atoms with Crippen LogP contribution < -0.4 is 10.6 Å². The first-order valence-corrected chi connectivity index (χ1v) is 7.62. The molecule has 0 aliphatic carbocycles. The van der Waals surface area contributed by atoms with Gasteiger partial charge in [0, 0.05) is 29.4 Å². The molecule has 2 rings (SSSR count). The molecular formula is C16H19ClN4O2. The third-order valence-electron chi connectivity index (χ3n) is 3.26. The number of Topliss-reactive ketones (excluding diaryl/α,β-unsaturated/α-hetero) is 1. The van der Waals surface area contributed by atoms with E-state index < -0.39 is 0 Å². The summed E-state index contributed by atoms with van der Waals surface area (Å²) in [4.78, 5) is 23.3. The summed E-state index contributed by atoms with van der Waals surface area (Å²) in [5.41, 5.74) is 2.83. The maximum absolute atomic E-state index is 12.0. The smallest absolute Gasteiger partial charge is 0.319 e. The molecule has 6 nitrogen and oxygen atoms in total. The maximum Gasteiger partial charge on any atom is 0.319 e. The second-order valence-corrected chi connectivity index (χ2v) is 5.90. The van der Waals surface area contributed by atoms with Crippen molar-refractivity contribution in [3.63, 3.8) is 0 Å². The van der Waals surface area contributed by atoms with E-state index in [0.29, 0.717) is 22.7 Å². The number of aryl methyl sites for hydroxylation is 1. The molecule has 0 fully saturated rings. The molecule has 122 valence electrons. The Morgan fingerprint density at radius 3 is 2.65 bits per heavy atom. The van der Waals surface area contributed by atoms with E-state index in [9.17, 15) is 9.59 Å². The number of amides is 2. The number of carbonyl (C=O) groups is 2. The molecule has 23 heavy (non-hydrogen) atoms. The minimum atomic E-state index is -0.337. The van der Waals surface area contributed by atoms with Crippen LogP contribution in [0.4, 0.5) is 10.5 Å². The minimum absolute atomic E-state index is 0.0790. The van der Waals surface area contributed by atoms with Gasteiger partial charge in [-0.15, -0.1) is 0 Å². The van der Waals surface area contributed by atoms with Crippen molar-refractivity contribution >= 4 is 29.1 Å². The number of benzene rings is 1. The van der Waals surface area contributed by atoms with Gasteiger partial charge in [0.1, 0.15) is 0 Å². The lowest BCUT2D eigenvalue weighted by Crippen LogP contribution is -2.37. The Kier molecular flexibility index (Phi) is 5.39. The Hall–Kier alpha value is -2.34. The van der Waals surface area contributed by atoms with Crippen LogP contribution in [0.2, 0.25) is 5.02 Å². The fraction of sp³-hybridized carbons (Fsp3) is 0.312. The van der Waals surface area contributed by atoms with Gasteiger partial charge in [-0.1, -0.05) is 11.6 Å². The number of rotatable bonds is 5. The third-order valence-corrected chi connectivity index (χ3v) is 3.57. The third kappa shape index (κ3) is 4.82. The van der Waals surface area contributed by atoms with Crippen molar-refractivity contribution in [3.8, 4) is 0 Å². The topological polar surface area (TPSA) is 86.9 Å². The van der Waals surface area contributed by atoms with Crippen LogP contribution in [0.5, 0.6) is 0 Å². The van der Waals surface area contributed by atoms with E-state index in [1.807, 2.05) is 19.9 Å². The predicted octanol–water partition coefficient (Wildman–Crippen LogP) is 3.33. The standard InChI is InChI=1S/C16H19ClN4O2/c1-9(6-13-7-10(2)20-21-13)18-16(23)19-12-4-5-14(11(3)22)15(17)8-12/h4-5,7-9H,6H2,1-3H3,(H,20,21)(H2,18,19,23)/t9-/m1/s1. The van der Waals surface area contributed by atoms with Crippen LogP contribution in [-0.4, -0.2) is 28.1 Å². The summed E-state index contributed by atoms with van der Waals surface area (Å²) in [5, 5.41) is 12.8. The molecule has 1 heterocycles. The second-order valence-electron chi connectivity index (χ2n) is 5.50. The Balaban J connectivity index is 1.91. The fourth-order valence-electron chi connectivity index (χ4n) is 2.21. The molecule has 2 aromatic rings. The first-order valence-electron chi connectivity index (χ1n) is 7.24. The Bertz CT molecular complexity index is 727. The number of anilines is 1. The largest absolute Gasteiger partial charge is 0.335 e. The molecule has 0 saturated carbocycles. The summed E-state index contributed by atoms with van der Waals surface area (Å²) in [5.74, 6) is -0.117. The van der Waals surface area contributed by atoms with Crippen LogP contribution in [0.1, 0.15) is 35.6 Å². The highest BCUT2D eigenvalue weighted by atomic mass is 35.5. The van der Waals surface area contributed by atoms with Gasteiger partial charge in [0.25, 0.3) is 0 Å². The highest BCUT2D eigenvalue weighted by Crippen LogP contribution is 2.21. The van der Waals surface area contributed by atoms with Gasteiger partial charge in [0.05, 0.1) is 10.7 Å². The van der Waals surface area contributed by atoms with Crippen LogP contribution in [-0.2, 0) is 6.42 Å². The van der Waals surface area contributed by atoms with Crippen LogP contribution in [0, 0.1) is 6.92 Å². The lowest BCUT2D eigenvalue weighted by molar-refractivity contribution is 0.101. The molecule has 0 radical (unpaired) electrons. The van der Waals surface area contributed by atoms with Crippen LogP contribution >= 0.6 is 11.6 Å². The summed E-state index contributed by atoms with van der Waals surface area (Å²) in [7, 11) is 0. The summed E-state index contributed by atoms with van der Waals surface area (Å²) in [6, 6.07) is 6.32. The van der Waals surface area contributed by atoms with Crippen molar-refractivity contribution in [1.82, 2.24) is 15.5 Å². The number of H-pyrrole nitrogens is 1. The lowest BCUT2D eigenvalue weighted by atomic mass is 10.1. The summed E-state index contributed by atoms with van der Waals surface area (Å²) in [6.45, 7) is 5.27. The molecular weight excluding hydrogens is 316 g/mol. The average Bonchev–Trinajstić information content (AvgIpc) is 2.83. The van der Waals surface area contributed by atoms with E-state index >= 15 is 0 Å². The van der Waals surface area contributed by atoms with Gasteiger partial charge >= 0.3 is 6.03 Å².